The Balaban J connectivity index is 1.50. The fraction of sp³-hybridized carbons (Fsp3) is 0.250. The van der Waals surface area contributed by atoms with Crippen LogP contribution in [0, 0.1) is 6.92 Å². The third-order valence-corrected chi connectivity index (χ3v) is 5.83. The maximum atomic E-state index is 12.2. The number of hydrogen-bond donors (Lipinski definition) is 2. The molecule has 2 N–H and O–H groups in total. The van der Waals surface area contributed by atoms with Gasteiger partial charge in [0.25, 0.3) is 0 Å². The highest BCUT2D eigenvalue weighted by Gasteiger charge is 2.12. The first-order valence-corrected chi connectivity index (χ1v) is 9.91. The van der Waals surface area contributed by atoms with Gasteiger partial charge in [-0.15, -0.1) is 11.3 Å². The number of rotatable bonds is 7. The minimum atomic E-state index is -3.45. The van der Waals surface area contributed by atoms with E-state index in [4.69, 9.17) is 0 Å². The van der Waals surface area contributed by atoms with E-state index >= 15 is 0 Å². The summed E-state index contributed by atoms with van der Waals surface area (Å²) >= 11 is 1.56. The number of nitrogens with zero attached hydrogens (tertiary/aromatic N) is 2. The monoisotopic (exact) mass is 362 g/mol. The van der Waals surface area contributed by atoms with Crippen molar-refractivity contribution < 1.29 is 8.42 Å². The van der Waals surface area contributed by atoms with E-state index in [1.165, 1.54) is 6.33 Å². The average molecular weight is 362 g/mol. The highest BCUT2D eigenvalue weighted by molar-refractivity contribution is 7.89. The number of aryl methyl sites for hydroxylation is 1. The number of benzene rings is 1. The number of thiophene rings is 1. The van der Waals surface area contributed by atoms with Crippen LogP contribution < -0.4 is 10.0 Å². The number of sulfonamides is 1. The molecule has 0 atom stereocenters. The summed E-state index contributed by atoms with van der Waals surface area (Å²) in [6, 6.07) is 8.78. The van der Waals surface area contributed by atoms with Crippen molar-refractivity contribution in [2.75, 3.05) is 18.4 Å². The molecular formula is C16H18N4O2S2. The van der Waals surface area contributed by atoms with E-state index in [0.29, 0.717) is 19.5 Å². The van der Waals surface area contributed by atoms with Crippen molar-refractivity contribution >= 4 is 37.4 Å². The van der Waals surface area contributed by atoms with Gasteiger partial charge in [-0.25, -0.2) is 23.1 Å². The fourth-order valence-corrected chi connectivity index (χ4v) is 4.04. The predicted molar refractivity (Wildman–Crippen MR) is 96.9 cm³/mol. The van der Waals surface area contributed by atoms with E-state index in [9.17, 15) is 8.42 Å². The minimum absolute atomic E-state index is 0.289. The van der Waals surface area contributed by atoms with Gasteiger partial charge in [0, 0.05) is 13.1 Å². The zero-order chi connectivity index (χ0) is 17.0. The quantitative estimate of drug-likeness (QED) is 0.632. The van der Waals surface area contributed by atoms with Crippen LogP contribution in [0.15, 0.2) is 46.9 Å². The summed E-state index contributed by atoms with van der Waals surface area (Å²) in [5.74, 6) is 0.780. The molecule has 0 aliphatic rings. The Morgan fingerprint density at radius 1 is 1.08 bits per heavy atom. The van der Waals surface area contributed by atoms with Gasteiger partial charge in [0.2, 0.25) is 10.0 Å². The first kappa shape index (κ1) is 16.8. The summed E-state index contributed by atoms with van der Waals surface area (Å²) in [6.45, 7) is 2.91. The summed E-state index contributed by atoms with van der Waals surface area (Å²) in [7, 11) is -3.45. The third-order valence-electron chi connectivity index (χ3n) is 3.53. The molecule has 0 radical (unpaired) electrons. The van der Waals surface area contributed by atoms with Crippen LogP contribution in [-0.4, -0.2) is 31.5 Å². The number of anilines is 1. The molecule has 0 bridgehead atoms. The molecule has 2 aromatic heterocycles. The van der Waals surface area contributed by atoms with Crippen LogP contribution in [0.5, 0.6) is 0 Å². The van der Waals surface area contributed by atoms with Crippen LogP contribution >= 0.6 is 11.3 Å². The Bertz CT molecular complexity index is 921. The van der Waals surface area contributed by atoms with Crippen molar-refractivity contribution in [3.8, 4) is 0 Å². The van der Waals surface area contributed by atoms with E-state index in [0.717, 1.165) is 21.6 Å². The van der Waals surface area contributed by atoms with Gasteiger partial charge < -0.3 is 5.32 Å². The number of hydrogen-bond acceptors (Lipinski definition) is 6. The van der Waals surface area contributed by atoms with Gasteiger partial charge in [0.1, 0.15) is 17.0 Å². The molecule has 0 saturated heterocycles. The molecule has 126 valence electrons. The molecule has 0 saturated carbocycles. The molecule has 0 unspecified atom stereocenters. The van der Waals surface area contributed by atoms with Crippen LogP contribution in [0.4, 0.5) is 5.82 Å². The summed E-state index contributed by atoms with van der Waals surface area (Å²) in [4.78, 5) is 9.65. The predicted octanol–water partition coefficient (Wildman–Crippen LogP) is 2.78. The van der Waals surface area contributed by atoms with E-state index in [-0.39, 0.29) is 4.90 Å². The summed E-state index contributed by atoms with van der Waals surface area (Å²) in [5.41, 5.74) is 1.03. The number of aromatic nitrogens is 2. The fourth-order valence-electron chi connectivity index (χ4n) is 2.23. The van der Waals surface area contributed by atoms with Gasteiger partial charge in [-0.05, 0) is 36.9 Å². The standard InChI is InChI=1S/C16H18N4O2S2/c1-12-3-5-13(6-4-12)24(21,22)20-9-2-8-17-15-14-7-10-23-16(14)19-11-18-15/h3-7,10-11,20H,2,8-9H2,1H3,(H,17,18,19). The van der Waals surface area contributed by atoms with E-state index < -0.39 is 10.0 Å². The molecule has 3 rings (SSSR count). The van der Waals surface area contributed by atoms with Gasteiger partial charge in [-0.2, -0.15) is 0 Å². The second-order valence-electron chi connectivity index (χ2n) is 5.35. The van der Waals surface area contributed by atoms with Gasteiger partial charge in [-0.3, -0.25) is 0 Å². The Labute approximate surface area is 145 Å². The van der Waals surface area contributed by atoms with Gasteiger partial charge in [0.15, 0.2) is 0 Å². The third kappa shape index (κ3) is 3.89. The van der Waals surface area contributed by atoms with Gasteiger partial charge >= 0.3 is 0 Å². The summed E-state index contributed by atoms with van der Waals surface area (Å²) in [6.07, 6.45) is 2.18. The van der Waals surface area contributed by atoms with Crippen LogP contribution in [0.2, 0.25) is 0 Å². The van der Waals surface area contributed by atoms with Crippen LogP contribution in [0.1, 0.15) is 12.0 Å². The highest BCUT2D eigenvalue weighted by Crippen LogP contribution is 2.23. The first-order chi connectivity index (χ1) is 11.6. The van der Waals surface area contributed by atoms with Crippen LogP contribution in [0.3, 0.4) is 0 Å². The molecule has 0 fully saturated rings. The van der Waals surface area contributed by atoms with Crippen molar-refractivity contribution in [1.82, 2.24) is 14.7 Å². The van der Waals surface area contributed by atoms with Crippen molar-refractivity contribution in [1.29, 1.82) is 0 Å². The zero-order valence-corrected chi connectivity index (χ0v) is 14.8. The topological polar surface area (TPSA) is 84.0 Å². The molecule has 24 heavy (non-hydrogen) atoms. The molecule has 2 heterocycles. The molecule has 8 heteroatoms. The normalized spacial score (nSPS) is 11.7. The van der Waals surface area contributed by atoms with Crippen molar-refractivity contribution in [2.24, 2.45) is 0 Å². The molecule has 0 aliphatic carbocycles. The van der Waals surface area contributed by atoms with E-state index in [1.54, 1.807) is 35.6 Å². The van der Waals surface area contributed by atoms with Crippen LogP contribution in [0.25, 0.3) is 10.2 Å². The maximum Gasteiger partial charge on any atom is 0.240 e. The zero-order valence-electron chi connectivity index (χ0n) is 13.2. The first-order valence-electron chi connectivity index (χ1n) is 7.55. The van der Waals surface area contributed by atoms with Crippen molar-refractivity contribution in [3.63, 3.8) is 0 Å². The molecule has 0 amide bonds. The van der Waals surface area contributed by atoms with E-state index in [2.05, 4.69) is 20.0 Å². The SMILES string of the molecule is Cc1ccc(S(=O)(=O)NCCCNc2ncnc3sccc23)cc1. The number of nitrogens with one attached hydrogen (secondary N) is 2. The summed E-state index contributed by atoms with van der Waals surface area (Å²) in [5, 5.41) is 6.19. The molecule has 0 spiro atoms. The molecule has 6 nitrogen and oxygen atoms in total. The molecule has 0 aliphatic heterocycles. The number of fused-ring (bicyclic) bond motifs is 1. The molecular weight excluding hydrogens is 344 g/mol. The lowest BCUT2D eigenvalue weighted by atomic mass is 10.2. The minimum Gasteiger partial charge on any atom is -0.369 e. The Morgan fingerprint density at radius 3 is 2.67 bits per heavy atom. The smallest absolute Gasteiger partial charge is 0.240 e. The van der Waals surface area contributed by atoms with E-state index in [1.807, 2.05) is 18.4 Å². The van der Waals surface area contributed by atoms with Crippen molar-refractivity contribution in [3.05, 3.63) is 47.6 Å². The maximum absolute atomic E-state index is 12.2. The van der Waals surface area contributed by atoms with Crippen molar-refractivity contribution in [2.45, 2.75) is 18.2 Å². The highest BCUT2D eigenvalue weighted by atomic mass is 32.2. The lowest BCUT2D eigenvalue weighted by Gasteiger charge is -2.08. The Morgan fingerprint density at radius 2 is 1.88 bits per heavy atom. The lowest BCUT2D eigenvalue weighted by molar-refractivity contribution is 0.580. The summed E-state index contributed by atoms with van der Waals surface area (Å²) < 4.78 is 26.9. The average Bonchev–Trinajstić information content (AvgIpc) is 3.04. The molecule has 1 aromatic carbocycles. The Hall–Kier alpha value is -2.03. The second kappa shape index (κ2) is 7.25. The second-order valence-corrected chi connectivity index (χ2v) is 8.01. The Kier molecular flexibility index (Phi) is 5.08. The van der Waals surface area contributed by atoms with Gasteiger partial charge in [-0.1, -0.05) is 17.7 Å². The van der Waals surface area contributed by atoms with Gasteiger partial charge in [0.05, 0.1) is 10.3 Å². The lowest BCUT2D eigenvalue weighted by Crippen LogP contribution is -2.26. The van der Waals surface area contributed by atoms with Crippen LogP contribution in [-0.2, 0) is 10.0 Å². The molecule has 3 aromatic rings. The largest absolute Gasteiger partial charge is 0.369 e.